The highest BCUT2D eigenvalue weighted by molar-refractivity contribution is 7.89. The second-order valence-corrected chi connectivity index (χ2v) is 9.28. The monoisotopic (exact) mass is 465 g/mol. The number of carbonyl (C=O) groups excluding carboxylic acids is 1. The summed E-state index contributed by atoms with van der Waals surface area (Å²) in [6.07, 6.45) is -0.821. The first kappa shape index (κ1) is 22.9. The number of nitrogens with zero attached hydrogens (tertiary/aromatic N) is 3. The van der Waals surface area contributed by atoms with Crippen molar-refractivity contribution in [2.45, 2.75) is 31.8 Å². The third kappa shape index (κ3) is 4.78. The van der Waals surface area contributed by atoms with Gasteiger partial charge in [0, 0.05) is 13.1 Å². The van der Waals surface area contributed by atoms with E-state index in [1.54, 1.807) is 20.8 Å². The maximum atomic E-state index is 13.0. The first-order chi connectivity index (χ1) is 14.8. The lowest BCUT2D eigenvalue weighted by Gasteiger charge is -2.20. The third-order valence-electron chi connectivity index (χ3n) is 4.53. The Bertz CT molecular complexity index is 1140. The molecule has 0 saturated carbocycles. The number of rotatable bonds is 9. The van der Waals surface area contributed by atoms with Gasteiger partial charge in [0.05, 0.1) is 17.6 Å². The summed E-state index contributed by atoms with van der Waals surface area (Å²) < 4.78 is 43.4. The van der Waals surface area contributed by atoms with Crippen molar-refractivity contribution < 1.29 is 27.1 Å². The zero-order valence-electron chi connectivity index (χ0n) is 17.6. The fourth-order valence-corrected chi connectivity index (χ4v) is 5.17. The number of thiophene rings is 1. The molecule has 0 aliphatic heterocycles. The molecule has 2 heterocycles. The Balaban J connectivity index is 1.83. The Morgan fingerprint density at radius 2 is 1.97 bits per heavy atom. The molecule has 0 spiro atoms. The van der Waals surface area contributed by atoms with Gasteiger partial charge in [-0.1, -0.05) is 19.9 Å². The van der Waals surface area contributed by atoms with Gasteiger partial charge < -0.3 is 13.9 Å². The first-order valence-corrected chi connectivity index (χ1v) is 11.9. The van der Waals surface area contributed by atoms with Crippen molar-refractivity contribution in [1.82, 2.24) is 14.5 Å². The Hall–Kier alpha value is -2.76. The normalized spacial score (nSPS) is 12.7. The molecule has 0 bridgehead atoms. The molecule has 11 heteroatoms. The number of benzene rings is 1. The molecule has 0 amide bonds. The third-order valence-corrected chi connectivity index (χ3v) is 7.46. The van der Waals surface area contributed by atoms with Crippen LogP contribution in [0.15, 0.2) is 45.0 Å². The fraction of sp³-hybridized carbons (Fsp3) is 0.350. The Labute approximate surface area is 184 Å². The molecule has 0 saturated heterocycles. The zero-order valence-corrected chi connectivity index (χ0v) is 19.2. The van der Waals surface area contributed by atoms with Gasteiger partial charge in [0.2, 0.25) is 10.0 Å². The van der Waals surface area contributed by atoms with Crippen LogP contribution in [0.5, 0.6) is 5.75 Å². The molecule has 2 aromatic heterocycles. The molecule has 1 aromatic carbocycles. The van der Waals surface area contributed by atoms with Gasteiger partial charge in [-0.15, -0.1) is 21.5 Å². The van der Waals surface area contributed by atoms with Crippen LogP contribution in [0.2, 0.25) is 0 Å². The van der Waals surface area contributed by atoms with E-state index >= 15 is 0 Å². The van der Waals surface area contributed by atoms with Gasteiger partial charge in [-0.25, -0.2) is 13.2 Å². The van der Waals surface area contributed by atoms with Gasteiger partial charge in [0.25, 0.3) is 11.8 Å². The van der Waals surface area contributed by atoms with Gasteiger partial charge in [-0.2, -0.15) is 4.31 Å². The van der Waals surface area contributed by atoms with Crippen molar-refractivity contribution in [3.63, 3.8) is 0 Å². The first-order valence-electron chi connectivity index (χ1n) is 9.58. The van der Waals surface area contributed by atoms with E-state index in [1.165, 1.54) is 41.0 Å². The van der Waals surface area contributed by atoms with Crippen LogP contribution in [-0.4, -0.2) is 49.1 Å². The molecule has 1 unspecified atom stereocenters. The van der Waals surface area contributed by atoms with Gasteiger partial charge >= 0.3 is 5.97 Å². The lowest BCUT2D eigenvalue weighted by Crippen LogP contribution is -2.31. The largest absolute Gasteiger partial charge is 0.495 e. The summed E-state index contributed by atoms with van der Waals surface area (Å²) in [7, 11) is -2.47. The lowest BCUT2D eigenvalue weighted by atomic mass is 10.2. The highest BCUT2D eigenvalue weighted by Crippen LogP contribution is 2.30. The number of carbonyl (C=O) groups is 1. The van der Waals surface area contributed by atoms with Gasteiger partial charge in [0.1, 0.15) is 10.6 Å². The molecule has 1 atom stereocenters. The van der Waals surface area contributed by atoms with Crippen molar-refractivity contribution in [2.75, 3.05) is 20.2 Å². The van der Waals surface area contributed by atoms with Gasteiger partial charge in [-0.3, -0.25) is 0 Å². The number of ether oxygens (including phenoxy) is 2. The minimum atomic E-state index is -3.84. The van der Waals surface area contributed by atoms with E-state index < -0.39 is 22.1 Å². The molecule has 0 fully saturated rings. The van der Waals surface area contributed by atoms with Crippen LogP contribution in [0.4, 0.5) is 0 Å². The molecule has 31 heavy (non-hydrogen) atoms. The number of hydrogen-bond donors (Lipinski definition) is 0. The van der Waals surface area contributed by atoms with E-state index in [1.807, 2.05) is 17.5 Å². The average Bonchev–Trinajstić information content (AvgIpc) is 3.45. The van der Waals surface area contributed by atoms with Crippen molar-refractivity contribution >= 4 is 27.3 Å². The van der Waals surface area contributed by atoms with E-state index in [0.717, 1.165) is 4.88 Å². The van der Waals surface area contributed by atoms with Crippen LogP contribution >= 0.6 is 11.3 Å². The minimum Gasteiger partial charge on any atom is -0.495 e. The summed E-state index contributed by atoms with van der Waals surface area (Å²) in [6, 6.07) is 7.83. The predicted octanol–water partition coefficient (Wildman–Crippen LogP) is 3.76. The van der Waals surface area contributed by atoms with E-state index in [0.29, 0.717) is 5.89 Å². The van der Waals surface area contributed by atoms with E-state index in [9.17, 15) is 13.2 Å². The van der Waals surface area contributed by atoms with Crippen molar-refractivity contribution in [2.24, 2.45) is 0 Å². The molecule has 0 aliphatic carbocycles. The van der Waals surface area contributed by atoms with E-state index in [-0.39, 0.29) is 35.2 Å². The van der Waals surface area contributed by atoms with Crippen molar-refractivity contribution in [3.8, 4) is 16.5 Å². The average molecular weight is 466 g/mol. The van der Waals surface area contributed by atoms with Crippen LogP contribution in [-0.2, 0) is 14.8 Å². The zero-order chi connectivity index (χ0) is 22.6. The minimum absolute atomic E-state index is 0.0661. The van der Waals surface area contributed by atoms with E-state index in [2.05, 4.69) is 10.2 Å². The second-order valence-electron chi connectivity index (χ2n) is 6.43. The maximum Gasteiger partial charge on any atom is 0.338 e. The smallest absolute Gasteiger partial charge is 0.338 e. The molecule has 0 N–H and O–H groups in total. The SMILES string of the molecule is CCN(CC)S(=O)(=O)c1cc(C(=O)OC(C)c2nnc(-c3cccs3)o2)ccc1OC. The van der Waals surface area contributed by atoms with Crippen LogP contribution in [0, 0.1) is 0 Å². The van der Waals surface area contributed by atoms with Gasteiger partial charge in [0.15, 0.2) is 6.10 Å². The topological polar surface area (TPSA) is 112 Å². The number of esters is 1. The standard InChI is InChI=1S/C20H23N3O6S2/c1-5-23(6-2)31(25,26)17-12-14(9-10-15(17)27-4)20(24)28-13(3)18-21-22-19(29-18)16-8-7-11-30-16/h7-13H,5-6H2,1-4H3. The van der Waals surface area contributed by atoms with E-state index in [4.69, 9.17) is 13.9 Å². The lowest BCUT2D eigenvalue weighted by molar-refractivity contribution is 0.0279. The molecule has 166 valence electrons. The molecule has 3 aromatic rings. The predicted molar refractivity (Wildman–Crippen MR) is 115 cm³/mol. The highest BCUT2D eigenvalue weighted by atomic mass is 32.2. The van der Waals surface area contributed by atoms with Crippen LogP contribution in [0.25, 0.3) is 10.8 Å². The summed E-state index contributed by atoms with van der Waals surface area (Å²) in [6.45, 7) is 5.65. The molecule has 0 radical (unpaired) electrons. The summed E-state index contributed by atoms with van der Waals surface area (Å²) in [4.78, 5) is 13.4. The Morgan fingerprint density at radius 3 is 2.58 bits per heavy atom. The van der Waals surface area contributed by atoms with Crippen molar-refractivity contribution in [1.29, 1.82) is 0 Å². The highest BCUT2D eigenvalue weighted by Gasteiger charge is 2.28. The Kier molecular flexibility index (Phi) is 7.08. The summed E-state index contributed by atoms with van der Waals surface area (Å²) in [5.74, 6) is -0.0952. The summed E-state index contributed by atoms with van der Waals surface area (Å²) in [5.41, 5.74) is 0.0661. The summed E-state index contributed by atoms with van der Waals surface area (Å²) >= 11 is 1.45. The Morgan fingerprint density at radius 1 is 1.23 bits per heavy atom. The number of aromatic nitrogens is 2. The maximum absolute atomic E-state index is 13.0. The van der Waals surface area contributed by atoms with Crippen molar-refractivity contribution in [3.05, 3.63) is 47.2 Å². The fourth-order valence-electron chi connectivity index (χ4n) is 2.89. The molecular weight excluding hydrogens is 442 g/mol. The summed E-state index contributed by atoms with van der Waals surface area (Å²) in [5, 5.41) is 9.79. The molecule has 3 rings (SSSR count). The van der Waals surface area contributed by atoms with Crippen LogP contribution in [0.1, 0.15) is 43.1 Å². The molecular formula is C20H23N3O6S2. The number of methoxy groups -OCH3 is 1. The van der Waals surface area contributed by atoms with Crippen LogP contribution < -0.4 is 4.74 Å². The van der Waals surface area contributed by atoms with Crippen LogP contribution in [0.3, 0.4) is 0 Å². The molecule has 0 aliphatic rings. The second kappa shape index (κ2) is 9.58. The van der Waals surface area contributed by atoms with Gasteiger partial charge in [-0.05, 0) is 36.6 Å². The quantitative estimate of drug-likeness (QED) is 0.439. The molecule has 9 nitrogen and oxygen atoms in total. The number of hydrogen-bond acceptors (Lipinski definition) is 9. The number of sulfonamides is 1.